The highest BCUT2D eigenvalue weighted by molar-refractivity contribution is 5.89. The van der Waals surface area contributed by atoms with E-state index in [1.807, 2.05) is 31.1 Å². The zero-order valence-corrected chi connectivity index (χ0v) is 12.8. The molecule has 0 atom stereocenters. The lowest BCUT2D eigenvalue weighted by Crippen LogP contribution is -2.36. The van der Waals surface area contributed by atoms with Crippen molar-refractivity contribution in [3.05, 3.63) is 29.8 Å². The highest BCUT2D eigenvalue weighted by Crippen LogP contribution is 2.13. The summed E-state index contributed by atoms with van der Waals surface area (Å²) in [5.41, 5.74) is 1.57. The molecule has 0 radical (unpaired) electrons. The summed E-state index contributed by atoms with van der Waals surface area (Å²) < 4.78 is 0. The van der Waals surface area contributed by atoms with Gasteiger partial charge >= 0.3 is 12.0 Å². The summed E-state index contributed by atoms with van der Waals surface area (Å²) >= 11 is 0. The van der Waals surface area contributed by atoms with Crippen molar-refractivity contribution >= 4 is 17.7 Å². The molecule has 0 heterocycles. The van der Waals surface area contributed by atoms with E-state index in [1.165, 1.54) is 0 Å². The first-order valence-electron chi connectivity index (χ1n) is 6.86. The van der Waals surface area contributed by atoms with Gasteiger partial charge in [-0.1, -0.05) is 12.1 Å². The number of carbonyl (C=O) groups excluding carboxylic acids is 1. The number of carbonyl (C=O) groups is 2. The Bertz CT molecular complexity index is 489. The maximum absolute atomic E-state index is 12.0. The molecule has 0 aliphatic rings. The van der Waals surface area contributed by atoms with Gasteiger partial charge < -0.3 is 20.2 Å². The summed E-state index contributed by atoms with van der Waals surface area (Å²) in [6.45, 7) is 1.43. The molecule has 0 bridgehead atoms. The van der Waals surface area contributed by atoms with Crippen LogP contribution in [0, 0.1) is 0 Å². The van der Waals surface area contributed by atoms with E-state index < -0.39 is 5.97 Å². The minimum absolute atomic E-state index is 0.0835. The zero-order valence-electron chi connectivity index (χ0n) is 12.8. The summed E-state index contributed by atoms with van der Waals surface area (Å²) in [6.07, 6.45) is 0.537. The number of nitrogens with zero attached hydrogens (tertiary/aromatic N) is 2. The lowest BCUT2D eigenvalue weighted by molar-refractivity contribution is -0.136. The monoisotopic (exact) mass is 293 g/mol. The number of urea groups is 1. The van der Waals surface area contributed by atoms with Crippen LogP contribution in [-0.4, -0.2) is 61.1 Å². The van der Waals surface area contributed by atoms with Gasteiger partial charge in [0.25, 0.3) is 0 Å². The fraction of sp³-hybridized carbons (Fsp3) is 0.467. The molecule has 0 spiro atoms. The summed E-state index contributed by atoms with van der Waals surface area (Å²) in [5.74, 6) is -0.826. The molecule has 0 saturated heterocycles. The first-order chi connectivity index (χ1) is 9.88. The smallest absolute Gasteiger partial charge is 0.321 e. The quantitative estimate of drug-likeness (QED) is 0.803. The fourth-order valence-electron chi connectivity index (χ4n) is 1.73. The number of carboxylic acid groups (broad SMARTS) is 1. The van der Waals surface area contributed by atoms with Crippen molar-refractivity contribution in [2.75, 3.05) is 39.5 Å². The first-order valence-corrected chi connectivity index (χ1v) is 6.86. The van der Waals surface area contributed by atoms with Crippen LogP contribution < -0.4 is 5.32 Å². The Morgan fingerprint density at radius 3 is 2.52 bits per heavy atom. The highest BCUT2D eigenvalue weighted by Gasteiger charge is 2.09. The van der Waals surface area contributed by atoms with Gasteiger partial charge in [0.15, 0.2) is 0 Å². The third-order valence-corrected chi connectivity index (χ3v) is 3.04. The van der Waals surface area contributed by atoms with E-state index in [0.717, 1.165) is 12.1 Å². The van der Waals surface area contributed by atoms with Crippen LogP contribution in [0.4, 0.5) is 10.5 Å². The Morgan fingerprint density at radius 2 is 1.90 bits per heavy atom. The lowest BCUT2D eigenvalue weighted by atomic mass is 10.1. The van der Waals surface area contributed by atoms with E-state index in [-0.39, 0.29) is 12.5 Å². The predicted molar refractivity (Wildman–Crippen MR) is 82.6 cm³/mol. The van der Waals surface area contributed by atoms with E-state index in [0.29, 0.717) is 18.7 Å². The van der Waals surface area contributed by atoms with Gasteiger partial charge in [-0.25, -0.2) is 4.79 Å². The van der Waals surface area contributed by atoms with Crippen molar-refractivity contribution in [3.8, 4) is 0 Å². The van der Waals surface area contributed by atoms with Crippen molar-refractivity contribution in [3.63, 3.8) is 0 Å². The number of aliphatic carboxylic acids is 1. The third kappa shape index (κ3) is 6.76. The van der Waals surface area contributed by atoms with Crippen LogP contribution in [-0.2, 0) is 11.2 Å². The van der Waals surface area contributed by atoms with Crippen LogP contribution in [0.15, 0.2) is 24.3 Å². The standard InChI is InChI=1S/C15H23N3O3/c1-17(2)9-10-18(3)15(21)16-13-6-4-5-12(11-13)7-8-14(19)20/h4-6,11H,7-10H2,1-3H3,(H,16,21)(H,19,20). The fourth-order valence-corrected chi connectivity index (χ4v) is 1.73. The average molecular weight is 293 g/mol. The molecular weight excluding hydrogens is 270 g/mol. The van der Waals surface area contributed by atoms with Crippen LogP contribution in [0.25, 0.3) is 0 Å². The normalized spacial score (nSPS) is 10.5. The second kappa shape index (κ2) is 8.26. The zero-order chi connectivity index (χ0) is 15.8. The first kappa shape index (κ1) is 17.0. The molecule has 2 N–H and O–H groups in total. The second-order valence-electron chi connectivity index (χ2n) is 5.25. The van der Waals surface area contributed by atoms with Gasteiger partial charge in [0.1, 0.15) is 0 Å². The molecule has 6 heteroatoms. The molecule has 0 aliphatic carbocycles. The lowest BCUT2D eigenvalue weighted by Gasteiger charge is -2.20. The van der Waals surface area contributed by atoms with Gasteiger partial charge in [0.05, 0.1) is 0 Å². The highest BCUT2D eigenvalue weighted by atomic mass is 16.4. The van der Waals surface area contributed by atoms with E-state index in [1.54, 1.807) is 24.1 Å². The molecule has 1 rings (SSSR count). The van der Waals surface area contributed by atoms with Crippen LogP contribution in [0.2, 0.25) is 0 Å². The van der Waals surface area contributed by atoms with E-state index in [4.69, 9.17) is 5.11 Å². The Morgan fingerprint density at radius 1 is 1.19 bits per heavy atom. The Hall–Kier alpha value is -2.08. The van der Waals surface area contributed by atoms with E-state index >= 15 is 0 Å². The number of amides is 2. The van der Waals surface area contributed by atoms with Gasteiger partial charge in [0, 0.05) is 32.2 Å². The molecule has 116 valence electrons. The minimum atomic E-state index is -0.826. The Labute approximate surface area is 125 Å². The average Bonchev–Trinajstić information content (AvgIpc) is 2.42. The molecule has 0 aromatic heterocycles. The van der Waals surface area contributed by atoms with Gasteiger partial charge in [-0.2, -0.15) is 0 Å². The molecule has 0 unspecified atom stereocenters. The Kier molecular flexibility index (Phi) is 6.68. The molecule has 1 aromatic rings. The van der Waals surface area contributed by atoms with Crippen molar-refractivity contribution in [1.82, 2.24) is 9.80 Å². The molecule has 1 aromatic carbocycles. The largest absolute Gasteiger partial charge is 0.481 e. The number of nitrogens with one attached hydrogen (secondary N) is 1. The van der Waals surface area contributed by atoms with Crippen LogP contribution >= 0.6 is 0 Å². The number of aryl methyl sites for hydroxylation is 1. The van der Waals surface area contributed by atoms with Crippen LogP contribution in [0.1, 0.15) is 12.0 Å². The number of hydrogen-bond donors (Lipinski definition) is 2. The van der Waals surface area contributed by atoms with Gasteiger partial charge in [-0.05, 0) is 38.2 Å². The van der Waals surface area contributed by atoms with Crippen molar-refractivity contribution in [2.24, 2.45) is 0 Å². The number of carboxylic acids is 1. The molecular formula is C15H23N3O3. The van der Waals surface area contributed by atoms with E-state index in [9.17, 15) is 9.59 Å². The maximum atomic E-state index is 12.0. The predicted octanol–water partition coefficient (Wildman–Crippen LogP) is 1.73. The van der Waals surface area contributed by atoms with Gasteiger partial charge in [0.2, 0.25) is 0 Å². The number of rotatable bonds is 7. The molecule has 0 aliphatic heterocycles. The third-order valence-electron chi connectivity index (χ3n) is 3.04. The number of hydrogen-bond acceptors (Lipinski definition) is 3. The minimum Gasteiger partial charge on any atom is -0.481 e. The SMILES string of the molecule is CN(C)CCN(C)C(=O)Nc1cccc(CCC(=O)O)c1. The number of anilines is 1. The second-order valence-corrected chi connectivity index (χ2v) is 5.25. The number of benzene rings is 1. The summed E-state index contributed by atoms with van der Waals surface area (Å²) in [7, 11) is 5.66. The van der Waals surface area contributed by atoms with Crippen molar-refractivity contribution < 1.29 is 14.7 Å². The van der Waals surface area contributed by atoms with Crippen LogP contribution in [0.3, 0.4) is 0 Å². The van der Waals surface area contributed by atoms with Crippen molar-refractivity contribution in [2.45, 2.75) is 12.8 Å². The van der Waals surface area contributed by atoms with E-state index in [2.05, 4.69) is 5.32 Å². The molecule has 0 saturated carbocycles. The van der Waals surface area contributed by atoms with Gasteiger partial charge in [-0.3, -0.25) is 4.79 Å². The van der Waals surface area contributed by atoms with Gasteiger partial charge in [-0.15, -0.1) is 0 Å². The maximum Gasteiger partial charge on any atom is 0.321 e. The molecule has 2 amide bonds. The topological polar surface area (TPSA) is 72.9 Å². The summed E-state index contributed by atoms with van der Waals surface area (Å²) in [4.78, 5) is 26.2. The molecule has 6 nitrogen and oxygen atoms in total. The Balaban J connectivity index is 2.55. The molecule has 0 fully saturated rings. The molecule has 21 heavy (non-hydrogen) atoms. The number of likely N-dealkylation sites (N-methyl/N-ethyl adjacent to an activating group) is 2. The van der Waals surface area contributed by atoms with Crippen LogP contribution in [0.5, 0.6) is 0 Å². The summed E-state index contributed by atoms with van der Waals surface area (Å²) in [6, 6.07) is 7.09. The van der Waals surface area contributed by atoms with Crippen molar-refractivity contribution in [1.29, 1.82) is 0 Å². The summed E-state index contributed by atoms with van der Waals surface area (Å²) in [5, 5.41) is 11.5.